The molecular formula is C18H14Cl2N2O4S. The third kappa shape index (κ3) is 4.00. The smallest absolute Gasteiger partial charge is 0.261 e. The van der Waals surface area contributed by atoms with Gasteiger partial charge < -0.3 is 9.84 Å². The summed E-state index contributed by atoms with van der Waals surface area (Å²) in [5.74, 6) is -0.182. The van der Waals surface area contributed by atoms with Crippen LogP contribution in [-0.4, -0.2) is 25.7 Å². The Morgan fingerprint density at radius 3 is 2.22 bits per heavy atom. The number of carbonyl (C=O) groups is 1. The predicted octanol–water partition coefficient (Wildman–Crippen LogP) is 4.61. The van der Waals surface area contributed by atoms with Crippen molar-refractivity contribution in [2.75, 3.05) is 11.6 Å². The molecule has 1 amide bonds. The topological polar surface area (TPSA) is 89.3 Å². The van der Waals surface area contributed by atoms with Gasteiger partial charge in [-0.3, -0.25) is 4.79 Å². The Morgan fingerprint density at radius 2 is 1.67 bits per heavy atom. The minimum absolute atomic E-state index is 0.158. The zero-order chi connectivity index (χ0) is 19.8. The summed E-state index contributed by atoms with van der Waals surface area (Å²) in [5, 5.41) is 7.30. The molecular weight excluding hydrogens is 411 g/mol. The SMILES string of the molecule is Cc1onc(-c2c(Cl)cccc2Cl)c1C(=O)Nc1ccc(S(C)(=O)=O)cc1. The van der Waals surface area contributed by atoms with E-state index >= 15 is 0 Å². The van der Waals surface area contributed by atoms with Crippen molar-refractivity contribution >= 4 is 44.6 Å². The second kappa shape index (κ2) is 7.34. The summed E-state index contributed by atoms with van der Waals surface area (Å²) in [4.78, 5) is 12.9. The van der Waals surface area contributed by atoms with Gasteiger partial charge in [-0.15, -0.1) is 0 Å². The highest BCUT2D eigenvalue weighted by molar-refractivity contribution is 7.90. The van der Waals surface area contributed by atoms with E-state index in [1.165, 1.54) is 24.3 Å². The van der Waals surface area contributed by atoms with Crippen LogP contribution in [0.4, 0.5) is 5.69 Å². The Bertz CT molecular complexity index is 1100. The summed E-state index contributed by atoms with van der Waals surface area (Å²) in [7, 11) is -3.32. The zero-order valence-electron chi connectivity index (χ0n) is 14.3. The fourth-order valence-corrected chi connectivity index (χ4v) is 3.72. The van der Waals surface area contributed by atoms with E-state index in [0.29, 0.717) is 27.1 Å². The number of aryl methyl sites for hydroxylation is 1. The Labute approximate surface area is 166 Å². The van der Waals surface area contributed by atoms with E-state index in [-0.39, 0.29) is 16.2 Å². The average Bonchev–Trinajstić information content (AvgIpc) is 2.96. The number of anilines is 1. The molecule has 6 nitrogen and oxygen atoms in total. The number of sulfone groups is 1. The molecule has 1 heterocycles. The molecule has 0 saturated heterocycles. The first-order valence-corrected chi connectivity index (χ1v) is 10.4. The average molecular weight is 425 g/mol. The standard InChI is InChI=1S/C18H14Cl2N2O4S/c1-10-15(17(22-26-10)16-13(19)4-3-5-14(16)20)18(23)21-11-6-8-12(9-7-11)27(2,24)25/h3-9H,1-2H3,(H,21,23). The van der Waals surface area contributed by atoms with Gasteiger partial charge in [-0.25, -0.2) is 8.42 Å². The number of rotatable bonds is 4. The molecule has 0 atom stereocenters. The van der Waals surface area contributed by atoms with E-state index in [1.807, 2.05) is 0 Å². The van der Waals surface area contributed by atoms with Crippen molar-refractivity contribution in [1.29, 1.82) is 0 Å². The first-order valence-electron chi connectivity index (χ1n) is 7.70. The molecule has 0 spiro atoms. The van der Waals surface area contributed by atoms with Crippen LogP contribution in [0.5, 0.6) is 0 Å². The first-order chi connectivity index (χ1) is 12.7. The summed E-state index contributed by atoms with van der Waals surface area (Å²) in [6.45, 7) is 1.60. The summed E-state index contributed by atoms with van der Waals surface area (Å²) in [6.07, 6.45) is 1.11. The van der Waals surface area contributed by atoms with Crippen LogP contribution < -0.4 is 5.32 Å². The van der Waals surface area contributed by atoms with Crippen molar-refractivity contribution in [3.63, 3.8) is 0 Å². The van der Waals surface area contributed by atoms with Gasteiger partial charge in [-0.2, -0.15) is 0 Å². The van der Waals surface area contributed by atoms with Gasteiger partial charge in [0.2, 0.25) is 0 Å². The molecule has 0 radical (unpaired) electrons. The molecule has 0 aliphatic rings. The first kappa shape index (κ1) is 19.4. The van der Waals surface area contributed by atoms with E-state index in [0.717, 1.165) is 6.26 Å². The molecule has 1 aromatic heterocycles. The van der Waals surface area contributed by atoms with Crippen molar-refractivity contribution < 1.29 is 17.7 Å². The van der Waals surface area contributed by atoms with Crippen LogP contribution in [0.25, 0.3) is 11.3 Å². The lowest BCUT2D eigenvalue weighted by Gasteiger charge is -2.08. The lowest BCUT2D eigenvalue weighted by molar-refractivity contribution is 0.102. The molecule has 1 N–H and O–H groups in total. The second-order valence-corrected chi connectivity index (χ2v) is 8.64. The second-order valence-electron chi connectivity index (χ2n) is 5.81. The molecule has 2 aromatic carbocycles. The van der Waals surface area contributed by atoms with Gasteiger partial charge in [0.25, 0.3) is 5.91 Å². The molecule has 9 heteroatoms. The Balaban J connectivity index is 1.96. The van der Waals surface area contributed by atoms with E-state index < -0.39 is 15.7 Å². The zero-order valence-corrected chi connectivity index (χ0v) is 16.6. The molecule has 140 valence electrons. The van der Waals surface area contributed by atoms with E-state index in [2.05, 4.69) is 10.5 Å². The molecule has 0 fully saturated rings. The van der Waals surface area contributed by atoms with Crippen molar-refractivity contribution in [2.24, 2.45) is 0 Å². The normalized spacial score (nSPS) is 11.4. The van der Waals surface area contributed by atoms with Crippen LogP contribution in [0, 0.1) is 6.92 Å². The fraction of sp³-hybridized carbons (Fsp3) is 0.111. The van der Waals surface area contributed by atoms with Crippen LogP contribution in [0.2, 0.25) is 10.0 Å². The summed E-state index contributed by atoms with van der Waals surface area (Å²) >= 11 is 12.4. The Hall–Kier alpha value is -2.35. The lowest BCUT2D eigenvalue weighted by Crippen LogP contribution is -2.13. The van der Waals surface area contributed by atoms with E-state index in [9.17, 15) is 13.2 Å². The number of carbonyl (C=O) groups excluding carboxylic acids is 1. The molecule has 3 aromatic rings. The van der Waals surface area contributed by atoms with Crippen LogP contribution in [0.15, 0.2) is 51.9 Å². The number of halogens is 2. The van der Waals surface area contributed by atoms with Crippen molar-refractivity contribution in [3.05, 3.63) is 63.8 Å². The van der Waals surface area contributed by atoms with Crippen molar-refractivity contribution in [1.82, 2.24) is 5.16 Å². The lowest BCUT2D eigenvalue weighted by atomic mass is 10.1. The van der Waals surface area contributed by atoms with Crippen LogP contribution in [-0.2, 0) is 9.84 Å². The summed E-state index contributed by atoms with van der Waals surface area (Å²) in [5.41, 5.74) is 1.24. The number of hydrogen-bond acceptors (Lipinski definition) is 5. The fourth-order valence-electron chi connectivity index (χ4n) is 2.51. The van der Waals surface area contributed by atoms with Gasteiger partial charge in [-0.05, 0) is 43.3 Å². The third-order valence-electron chi connectivity index (χ3n) is 3.83. The van der Waals surface area contributed by atoms with Crippen LogP contribution in [0.3, 0.4) is 0 Å². The monoisotopic (exact) mass is 424 g/mol. The number of aromatic nitrogens is 1. The van der Waals surface area contributed by atoms with Gasteiger partial charge in [0, 0.05) is 17.5 Å². The maximum absolute atomic E-state index is 12.8. The largest absolute Gasteiger partial charge is 0.360 e. The molecule has 0 aliphatic heterocycles. The molecule has 3 rings (SSSR count). The number of nitrogens with zero attached hydrogens (tertiary/aromatic N) is 1. The van der Waals surface area contributed by atoms with Gasteiger partial charge in [0.05, 0.1) is 14.9 Å². The number of hydrogen-bond donors (Lipinski definition) is 1. The highest BCUT2D eigenvalue weighted by Gasteiger charge is 2.25. The predicted molar refractivity (Wildman–Crippen MR) is 104 cm³/mol. The maximum atomic E-state index is 12.8. The van der Waals surface area contributed by atoms with Gasteiger partial charge >= 0.3 is 0 Å². The van der Waals surface area contributed by atoms with E-state index in [1.54, 1.807) is 25.1 Å². The third-order valence-corrected chi connectivity index (χ3v) is 5.59. The highest BCUT2D eigenvalue weighted by atomic mass is 35.5. The number of nitrogens with one attached hydrogen (secondary N) is 1. The van der Waals surface area contributed by atoms with Gasteiger partial charge in [0.1, 0.15) is 17.0 Å². The van der Waals surface area contributed by atoms with Crippen LogP contribution in [0.1, 0.15) is 16.1 Å². The molecule has 0 saturated carbocycles. The van der Waals surface area contributed by atoms with Crippen molar-refractivity contribution in [2.45, 2.75) is 11.8 Å². The number of amides is 1. The Kier molecular flexibility index (Phi) is 5.28. The number of benzene rings is 2. The summed E-state index contributed by atoms with van der Waals surface area (Å²) < 4.78 is 28.2. The quantitative estimate of drug-likeness (QED) is 0.659. The Morgan fingerprint density at radius 1 is 1.07 bits per heavy atom. The van der Waals surface area contributed by atoms with Crippen molar-refractivity contribution in [3.8, 4) is 11.3 Å². The van der Waals surface area contributed by atoms with Crippen LogP contribution >= 0.6 is 23.2 Å². The van der Waals surface area contributed by atoms with Gasteiger partial charge in [0.15, 0.2) is 9.84 Å². The minimum Gasteiger partial charge on any atom is -0.360 e. The molecule has 27 heavy (non-hydrogen) atoms. The molecule has 0 aliphatic carbocycles. The highest BCUT2D eigenvalue weighted by Crippen LogP contribution is 2.37. The van der Waals surface area contributed by atoms with Gasteiger partial charge in [-0.1, -0.05) is 34.4 Å². The molecule has 0 unspecified atom stereocenters. The molecule has 0 bridgehead atoms. The maximum Gasteiger partial charge on any atom is 0.261 e. The van der Waals surface area contributed by atoms with E-state index in [4.69, 9.17) is 27.7 Å². The summed E-state index contributed by atoms with van der Waals surface area (Å²) in [6, 6.07) is 10.8. The minimum atomic E-state index is -3.32.